The highest BCUT2D eigenvalue weighted by Crippen LogP contribution is 1.99. The summed E-state index contributed by atoms with van der Waals surface area (Å²) in [5.74, 6) is 1.76. The molecule has 10 heavy (non-hydrogen) atoms. The van der Waals surface area contributed by atoms with Gasteiger partial charge in [-0.15, -0.1) is 11.8 Å². The number of rotatable bonds is 4. The van der Waals surface area contributed by atoms with Gasteiger partial charge in [-0.2, -0.15) is 15.0 Å². The van der Waals surface area contributed by atoms with Gasteiger partial charge in [0.1, 0.15) is 5.88 Å². The van der Waals surface area contributed by atoms with Gasteiger partial charge in [-0.3, -0.25) is 0 Å². The lowest BCUT2D eigenvalue weighted by atomic mass is 10.8. The first kappa shape index (κ1) is 7.56. The molecule has 0 atom stereocenters. The van der Waals surface area contributed by atoms with E-state index in [-0.39, 0.29) is 0 Å². The van der Waals surface area contributed by atoms with Crippen LogP contribution in [0.5, 0.6) is 0 Å². The molecule has 1 aromatic heterocycles. The summed E-state index contributed by atoms with van der Waals surface area (Å²) in [5, 5.41) is 7.86. The third kappa shape index (κ3) is 2.36. The summed E-state index contributed by atoms with van der Waals surface area (Å²) in [7, 11) is 0. The van der Waals surface area contributed by atoms with Gasteiger partial charge in [0.2, 0.25) is 0 Å². The molecule has 0 aliphatic carbocycles. The van der Waals surface area contributed by atoms with Crippen LogP contribution in [-0.4, -0.2) is 27.3 Å². The van der Waals surface area contributed by atoms with Crippen LogP contribution in [0.25, 0.3) is 0 Å². The van der Waals surface area contributed by atoms with Crippen molar-refractivity contribution in [2.75, 3.05) is 12.3 Å². The fourth-order valence-corrected chi connectivity index (χ4v) is 1.13. The molecule has 0 aliphatic heterocycles. The van der Waals surface area contributed by atoms with Gasteiger partial charge in [-0.05, 0) is 0 Å². The van der Waals surface area contributed by atoms with Crippen LogP contribution in [0.1, 0.15) is 0 Å². The zero-order valence-electron chi connectivity index (χ0n) is 5.60. The predicted molar refractivity (Wildman–Crippen MR) is 41.5 cm³/mol. The molecular weight excluding hydrogens is 148 g/mol. The normalized spacial score (nSPS) is 10.1. The lowest BCUT2D eigenvalue weighted by molar-refractivity contribution is 0.640. The van der Waals surface area contributed by atoms with Crippen LogP contribution in [0.4, 0.5) is 0 Å². The van der Waals surface area contributed by atoms with E-state index in [4.69, 9.17) is 5.73 Å². The standard InChI is InChI=1S/C5H10N4S/c6-1-4-10-5-9-7-2-3-8-9/h2-3H,1,4-6H2. The van der Waals surface area contributed by atoms with Crippen LogP contribution in [0.15, 0.2) is 12.4 Å². The van der Waals surface area contributed by atoms with Gasteiger partial charge in [0.05, 0.1) is 12.4 Å². The Morgan fingerprint density at radius 1 is 1.40 bits per heavy atom. The Labute approximate surface area is 63.8 Å². The van der Waals surface area contributed by atoms with Gasteiger partial charge < -0.3 is 5.73 Å². The summed E-state index contributed by atoms with van der Waals surface area (Å²) in [5.41, 5.74) is 5.30. The van der Waals surface area contributed by atoms with Crippen molar-refractivity contribution in [3.63, 3.8) is 0 Å². The van der Waals surface area contributed by atoms with Crippen molar-refractivity contribution in [2.24, 2.45) is 5.73 Å². The summed E-state index contributed by atoms with van der Waals surface area (Å²) >= 11 is 1.72. The van der Waals surface area contributed by atoms with Crippen LogP contribution in [-0.2, 0) is 5.88 Å². The summed E-state index contributed by atoms with van der Waals surface area (Å²) in [6, 6.07) is 0. The molecular formula is C5H10N4S. The molecule has 0 unspecified atom stereocenters. The van der Waals surface area contributed by atoms with Gasteiger partial charge in [-0.1, -0.05) is 0 Å². The van der Waals surface area contributed by atoms with E-state index in [9.17, 15) is 0 Å². The minimum Gasteiger partial charge on any atom is -0.330 e. The molecule has 1 rings (SSSR count). The Morgan fingerprint density at radius 2 is 2.10 bits per heavy atom. The van der Waals surface area contributed by atoms with Crippen LogP contribution >= 0.6 is 11.8 Å². The highest BCUT2D eigenvalue weighted by molar-refractivity contribution is 7.98. The fraction of sp³-hybridized carbons (Fsp3) is 0.600. The van der Waals surface area contributed by atoms with E-state index in [1.165, 1.54) is 0 Å². The van der Waals surface area contributed by atoms with Crippen molar-refractivity contribution in [1.29, 1.82) is 0 Å². The topological polar surface area (TPSA) is 56.7 Å². The monoisotopic (exact) mass is 158 g/mol. The third-order valence-electron chi connectivity index (χ3n) is 0.936. The molecule has 2 N–H and O–H groups in total. The van der Waals surface area contributed by atoms with E-state index >= 15 is 0 Å². The number of nitrogens with zero attached hydrogens (tertiary/aromatic N) is 3. The molecule has 0 amide bonds. The molecule has 0 aromatic carbocycles. The molecule has 0 fully saturated rings. The molecule has 1 aromatic rings. The number of nitrogens with two attached hydrogens (primary N) is 1. The zero-order valence-corrected chi connectivity index (χ0v) is 6.42. The van der Waals surface area contributed by atoms with Gasteiger partial charge in [0, 0.05) is 12.3 Å². The summed E-state index contributed by atoms with van der Waals surface area (Å²) in [6.45, 7) is 0.714. The van der Waals surface area contributed by atoms with Crippen molar-refractivity contribution >= 4 is 11.8 Å². The lowest BCUT2D eigenvalue weighted by Crippen LogP contribution is -2.05. The van der Waals surface area contributed by atoms with Crippen LogP contribution < -0.4 is 5.73 Å². The second-order valence-electron chi connectivity index (χ2n) is 1.73. The largest absolute Gasteiger partial charge is 0.330 e. The third-order valence-corrected chi connectivity index (χ3v) is 1.87. The Morgan fingerprint density at radius 3 is 2.70 bits per heavy atom. The minimum atomic E-state index is 0.714. The van der Waals surface area contributed by atoms with Gasteiger partial charge in [0.15, 0.2) is 0 Å². The summed E-state index contributed by atoms with van der Waals surface area (Å²) < 4.78 is 0. The first-order valence-corrected chi connectivity index (χ1v) is 4.21. The van der Waals surface area contributed by atoms with Gasteiger partial charge in [-0.25, -0.2) is 0 Å². The smallest absolute Gasteiger partial charge is 0.106 e. The molecule has 1 heterocycles. The van der Waals surface area contributed by atoms with E-state index in [0.717, 1.165) is 11.6 Å². The highest BCUT2D eigenvalue weighted by Gasteiger charge is 1.89. The maximum atomic E-state index is 5.30. The molecule has 0 saturated heterocycles. The zero-order chi connectivity index (χ0) is 7.23. The second-order valence-corrected chi connectivity index (χ2v) is 2.80. The number of hydrogen-bond donors (Lipinski definition) is 1. The first-order valence-electron chi connectivity index (χ1n) is 3.05. The highest BCUT2D eigenvalue weighted by atomic mass is 32.2. The quantitative estimate of drug-likeness (QED) is 0.623. The second kappa shape index (κ2) is 4.29. The number of thioether (sulfide) groups is 1. The van der Waals surface area contributed by atoms with Crippen molar-refractivity contribution in [1.82, 2.24) is 15.0 Å². The van der Waals surface area contributed by atoms with Crippen molar-refractivity contribution in [3.05, 3.63) is 12.4 Å². The molecule has 0 bridgehead atoms. The van der Waals surface area contributed by atoms with Crippen LogP contribution in [0.3, 0.4) is 0 Å². The maximum Gasteiger partial charge on any atom is 0.106 e. The van der Waals surface area contributed by atoms with E-state index < -0.39 is 0 Å². The molecule has 0 radical (unpaired) electrons. The summed E-state index contributed by atoms with van der Waals surface area (Å²) in [6.07, 6.45) is 3.34. The molecule has 0 saturated carbocycles. The van der Waals surface area contributed by atoms with E-state index in [1.807, 2.05) is 0 Å². The SMILES string of the molecule is NCCSCn1nccn1. The van der Waals surface area contributed by atoms with Crippen LogP contribution in [0, 0.1) is 0 Å². The van der Waals surface area contributed by atoms with E-state index in [0.29, 0.717) is 6.54 Å². The molecule has 0 spiro atoms. The fourth-order valence-electron chi connectivity index (χ4n) is 0.540. The Balaban J connectivity index is 2.15. The number of aromatic nitrogens is 3. The molecule has 4 nitrogen and oxygen atoms in total. The van der Waals surface area contributed by atoms with Gasteiger partial charge >= 0.3 is 0 Å². The maximum absolute atomic E-state index is 5.30. The lowest BCUT2D eigenvalue weighted by Gasteiger charge is -1.96. The Hall–Kier alpha value is -0.550. The molecule has 0 aliphatic rings. The van der Waals surface area contributed by atoms with Crippen molar-refractivity contribution in [2.45, 2.75) is 5.88 Å². The van der Waals surface area contributed by atoms with Crippen molar-refractivity contribution < 1.29 is 0 Å². The van der Waals surface area contributed by atoms with Gasteiger partial charge in [0.25, 0.3) is 0 Å². The average Bonchev–Trinajstić information content (AvgIpc) is 2.41. The van der Waals surface area contributed by atoms with Crippen molar-refractivity contribution in [3.8, 4) is 0 Å². The van der Waals surface area contributed by atoms with Crippen LogP contribution in [0.2, 0.25) is 0 Å². The minimum absolute atomic E-state index is 0.714. The average molecular weight is 158 g/mol. The van der Waals surface area contributed by atoms with E-state index in [2.05, 4.69) is 10.2 Å². The Kier molecular flexibility index (Phi) is 3.25. The molecule has 5 heteroatoms. The summed E-state index contributed by atoms with van der Waals surface area (Å²) in [4.78, 5) is 1.64. The first-order chi connectivity index (χ1) is 4.93. The van der Waals surface area contributed by atoms with E-state index in [1.54, 1.807) is 29.0 Å². The number of hydrogen-bond acceptors (Lipinski definition) is 4. The molecule has 56 valence electrons. The predicted octanol–water partition coefficient (Wildman–Crippen LogP) is -0.0725. The Bertz CT molecular complexity index is 162.